The molecule has 40 heavy (non-hydrogen) atoms. The van der Waals surface area contributed by atoms with Gasteiger partial charge in [0.15, 0.2) is 22.9 Å². The summed E-state index contributed by atoms with van der Waals surface area (Å²) in [5, 5.41) is 18.9. The number of nitrogen functional groups attached to an aromatic ring is 2. The Bertz CT molecular complexity index is 1720. The average Bonchev–Trinajstić information content (AvgIpc) is 3.59. The number of nitrogens with two attached hydrogens (primary N) is 2. The van der Waals surface area contributed by atoms with E-state index in [1.165, 1.54) is 9.03 Å². The number of aromatic nitrogens is 8. The lowest BCUT2D eigenvalue weighted by Crippen LogP contribution is -2.03. The van der Waals surface area contributed by atoms with Crippen molar-refractivity contribution < 1.29 is 18.8 Å². The summed E-state index contributed by atoms with van der Waals surface area (Å²) in [4.78, 5) is 17.1. The molecule has 0 amide bonds. The molecule has 0 saturated heterocycles. The fourth-order valence-corrected chi connectivity index (χ4v) is 3.90. The van der Waals surface area contributed by atoms with Crippen LogP contribution in [0.4, 0.5) is 11.9 Å². The Labute approximate surface area is 242 Å². The minimum Gasteiger partial charge on any atom is -0.494 e. The summed E-state index contributed by atoms with van der Waals surface area (Å²) in [6.07, 6.45) is 0. The highest BCUT2D eigenvalue weighted by Gasteiger charge is 2.15. The first-order valence-corrected chi connectivity index (χ1v) is 14.4. The lowest BCUT2D eigenvalue weighted by Gasteiger charge is -2.06. The van der Waals surface area contributed by atoms with E-state index in [0.29, 0.717) is 45.5 Å². The van der Waals surface area contributed by atoms with Gasteiger partial charge in [0.05, 0.1) is 20.1 Å². The van der Waals surface area contributed by atoms with Crippen LogP contribution in [0.1, 0.15) is 11.6 Å². The number of para-hydroxylation sites is 2. The van der Waals surface area contributed by atoms with Crippen LogP contribution in [0.2, 0.25) is 0 Å². The molecule has 0 atom stereocenters. The van der Waals surface area contributed by atoms with Gasteiger partial charge in [-0.15, -0.1) is 21.8 Å². The zero-order chi connectivity index (χ0) is 29.0. The minimum absolute atomic E-state index is 0.203. The van der Waals surface area contributed by atoms with Crippen LogP contribution in [0.15, 0.2) is 36.4 Å². The number of rotatable bonds is 4. The van der Waals surface area contributed by atoms with Crippen molar-refractivity contribution in [3.8, 4) is 11.5 Å². The van der Waals surface area contributed by atoms with E-state index in [9.17, 15) is 0 Å². The molecule has 0 aliphatic heterocycles. The normalized spacial score (nSPS) is 11.0. The highest BCUT2D eigenvalue weighted by Crippen LogP contribution is 2.28. The van der Waals surface area contributed by atoms with Gasteiger partial charge in [0.1, 0.15) is 29.1 Å². The third kappa shape index (κ3) is 5.88. The molecular weight excluding hydrogens is 607 g/mol. The number of halogens is 3. The Morgan fingerprint density at radius 2 is 1.25 bits per heavy atom. The molecular formula is C22H21Cl3N10O4S. The van der Waals surface area contributed by atoms with Crippen molar-refractivity contribution in [2.75, 3.05) is 25.7 Å². The molecule has 0 saturated carbocycles. The highest BCUT2D eigenvalue weighted by molar-refractivity contribution is 8.26. The van der Waals surface area contributed by atoms with Crippen molar-refractivity contribution in [1.82, 2.24) is 39.2 Å². The van der Waals surface area contributed by atoms with Gasteiger partial charge in [-0.2, -0.15) is 9.03 Å². The Morgan fingerprint density at radius 1 is 0.825 bits per heavy atom. The van der Waals surface area contributed by atoms with E-state index < -0.39 is 9.23 Å². The monoisotopic (exact) mass is 626 g/mol. The van der Waals surface area contributed by atoms with Crippen LogP contribution in [0.25, 0.3) is 33.1 Å². The van der Waals surface area contributed by atoms with Gasteiger partial charge in [-0.1, -0.05) is 12.1 Å². The number of aliphatic hydroxyl groups is 1. The van der Waals surface area contributed by atoms with Gasteiger partial charge in [0, 0.05) is 32.1 Å². The summed E-state index contributed by atoms with van der Waals surface area (Å²) < 4.78 is 22.5. The highest BCUT2D eigenvalue weighted by atomic mass is 36.0. The van der Waals surface area contributed by atoms with E-state index >= 15 is 0 Å². The number of methoxy groups -OCH3 is 2. The predicted octanol–water partition coefficient (Wildman–Crippen LogP) is 3.01. The molecule has 0 bridgehead atoms. The van der Waals surface area contributed by atoms with Crippen LogP contribution in [-0.2, 0) is 21.7 Å². The number of aliphatic hydroxyl groups excluding tert-OH is 1. The number of ether oxygens (including phenoxy) is 2. The number of hydrogen-bond donors (Lipinski definition) is 3. The largest absolute Gasteiger partial charge is 0.494 e. The van der Waals surface area contributed by atoms with E-state index in [1.807, 2.05) is 30.3 Å². The van der Waals surface area contributed by atoms with Gasteiger partial charge >= 0.3 is 0 Å². The average molecular weight is 628 g/mol. The molecule has 2 aromatic carbocycles. The summed E-state index contributed by atoms with van der Waals surface area (Å²) in [5.74, 6) is 2.78. The second-order valence-corrected chi connectivity index (χ2v) is 10.4. The topological polar surface area (TPSA) is 194 Å². The smallest absolute Gasteiger partial charge is 0.223 e. The summed E-state index contributed by atoms with van der Waals surface area (Å²) in [6.45, 7) is -0.243. The molecule has 14 nitrogen and oxygen atoms in total. The van der Waals surface area contributed by atoms with Crippen molar-refractivity contribution in [2.24, 2.45) is 0 Å². The maximum atomic E-state index is 9.09. The molecule has 5 N–H and O–H groups in total. The van der Waals surface area contributed by atoms with Crippen LogP contribution in [-0.4, -0.2) is 62.7 Å². The number of hydrogen-bond acceptors (Lipinski definition) is 12. The van der Waals surface area contributed by atoms with Crippen LogP contribution < -0.4 is 20.9 Å². The fraction of sp³-hybridized carbons (Fsp3) is 0.182. The van der Waals surface area contributed by atoms with E-state index in [1.54, 1.807) is 20.3 Å². The molecule has 210 valence electrons. The third-order valence-electron chi connectivity index (χ3n) is 5.37. The molecule has 4 aromatic heterocycles. The minimum atomic E-state index is -1.67. The summed E-state index contributed by atoms with van der Waals surface area (Å²) in [5.41, 5.74) is 14.2. The number of fused-ring (bicyclic) bond motifs is 6. The molecule has 0 radical (unpaired) electrons. The van der Waals surface area contributed by atoms with Crippen LogP contribution in [0.5, 0.6) is 11.5 Å². The number of alkyl halides is 1. The second kappa shape index (κ2) is 12.6. The molecule has 6 rings (SSSR count). The first kappa shape index (κ1) is 29.2. The van der Waals surface area contributed by atoms with E-state index in [-0.39, 0.29) is 24.4 Å². The van der Waals surface area contributed by atoms with E-state index in [0.717, 1.165) is 10.8 Å². The zero-order valence-electron chi connectivity index (χ0n) is 20.8. The van der Waals surface area contributed by atoms with Gasteiger partial charge in [-0.05, 0) is 24.3 Å². The maximum Gasteiger partial charge on any atom is 0.223 e. The molecule has 0 aliphatic rings. The molecule has 4 heterocycles. The van der Waals surface area contributed by atoms with E-state index in [4.69, 9.17) is 41.9 Å². The van der Waals surface area contributed by atoms with Gasteiger partial charge < -0.3 is 26.0 Å². The van der Waals surface area contributed by atoms with Crippen molar-refractivity contribution in [3.05, 3.63) is 48.0 Å². The van der Waals surface area contributed by atoms with Gasteiger partial charge in [0.25, 0.3) is 0 Å². The van der Waals surface area contributed by atoms with Gasteiger partial charge in [0.2, 0.25) is 21.1 Å². The Balaban J connectivity index is 0.000000164. The zero-order valence-corrected chi connectivity index (χ0v) is 23.9. The maximum absolute atomic E-state index is 9.09. The molecule has 0 fully saturated rings. The van der Waals surface area contributed by atoms with Crippen molar-refractivity contribution in [2.45, 2.75) is 12.5 Å². The summed E-state index contributed by atoms with van der Waals surface area (Å²) >= 11 is 5.74. The Kier molecular flexibility index (Phi) is 9.21. The number of anilines is 2. The van der Waals surface area contributed by atoms with Gasteiger partial charge in [-0.25, -0.2) is 24.1 Å². The molecule has 0 spiro atoms. The first-order chi connectivity index (χ1) is 19.2. The lowest BCUT2D eigenvalue weighted by atomic mass is 10.2. The summed E-state index contributed by atoms with van der Waals surface area (Å²) in [7, 11) is 10.5. The van der Waals surface area contributed by atoms with Crippen molar-refractivity contribution in [3.63, 3.8) is 0 Å². The van der Waals surface area contributed by atoms with E-state index in [2.05, 4.69) is 51.5 Å². The van der Waals surface area contributed by atoms with Gasteiger partial charge in [-0.3, -0.25) is 0 Å². The fourth-order valence-electron chi connectivity index (χ4n) is 3.79. The Hall–Kier alpha value is -3.76. The SMILES string of the molecule is COc1cccc2c1nc(N)n1nc(CCl)nc21.COc1cccc2c1nc(N)n1nc(CO)nc21.O=S(Cl)Cl. The standard InChI is InChI=1S/C11H10ClN5O.C11H11N5O2.Cl2OS/c1-18-7-4-2-3-6-9(7)15-11(13)17-10(6)14-8(5-12)16-17;1-18-7-4-2-3-6-9(7)14-11(12)16-10(6)13-8(5-17)15-16;1-4(2)3/h2-4H,5H2,1H3,(H2,13,15);2-4,17H,5H2,1H3,(H2,12,14);. The first-order valence-electron chi connectivity index (χ1n) is 11.1. The number of benzene rings is 2. The molecule has 0 aliphatic carbocycles. The summed E-state index contributed by atoms with van der Waals surface area (Å²) in [6, 6.07) is 11.1. The molecule has 0 unspecified atom stereocenters. The Morgan fingerprint density at radius 3 is 1.65 bits per heavy atom. The van der Waals surface area contributed by atoms with Crippen LogP contribution in [0, 0.1) is 0 Å². The van der Waals surface area contributed by atoms with Crippen LogP contribution in [0.3, 0.4) is 0 Å². The lowest BCUT2D eigenvalue weighted by molar-refractivity contribution is 0.271. The number of nitrogens with zero attached hydrogens (tertiary/aromatic N) is 8. The molecule has 6 aromatic rings. The predicted molar refractivity (Wildman–Crippen MR) is 154 cm³/mol. The van der Waals surface area contributed by atoms with Crippen LogP contribution >= 0.6 is 33.0 Å². The third-order valence-corrected chi connectivity index (χ3v) is 5.61. The molecule has 18 heteroatoms. The quantitative estimate of drug-likeness (QED) is 0.191. The second-order valence-electron chi connectivity index (χ2n) is 7.66. The van der Waals surface area contributed by atoms with Crippen molar-refractivity contribution >= 4 is 87.2 Å². The van der Waals surface area contributed by atoms with Crippen molar-refractivity contribution in [1.29, 1.82) is 0 Å².